The van der Waals surface area contributed by atoms with Crippen molar-refractivity contribution in [1.82, 2.24) is 14.5 Å². The van der Waals surface area contributed by atoms with Gasteiger partial charge in [0.15, 0.2) is 5.60 Å². The van der Waals surface area contributed by atoms with Crippen molar-refractivity contribution in [3.63, 3.8) is 0 Å². The minimum absolute atomic E-state index is 0.0898. The van der Waals surface area contributed by atoms with E-state index in [-0.39, 0.29) is 29.7 Å². The summed E-state index contributed by atoms with van der Waals surface area (Å²) in [7, 11) is 3.85. The van der Waals surface area contributed by atoms with E-state index in [9.17, 15) is 19.5 Å². The zero-order valence-electron chi connectivity index (χ0n) is 19.5. The maximum absolute atomic E-state index is 13.3. The second kappa shape index (κ2) is 7.75. The van der Waals surface area contributed by atoms with Gasteiger partial charge in [-0.3, -0.25) is 9.59 Å². The lowest BCUT2D eigenvalue weighted by atomic mass is 9.86. The van der Waals surface area contributed by atoms with Gasteiger partial charge in [0, 0.05) is 35.5 Å². The van der Waals surface area contributed by atoms with E-state index in [0.717, 1.165) is 16.5 Å². The molecule has 176 valence electrons. The van der Waals surface area contributed by atoms with E-state index < -0.39 is 17.5 Å². The predicted octanol–water partition coefficient (Wildman–Crippen LogP) is 2.07. The highest BCUT2D eigenvalue weighted by atomic mass is 16.6. The Labute approximate surface area is 195 Å². The molecular formula is C25H25N3O6. The van der Waals surface area contributed by atoms with Crippen LogP contribution in [-0.4, -0.2) is 45.6 Å². The van der Waals surface area contributed by atoms with Crippen molar-refractivity contribution in [2.45, 2.75) is 45.6 Å². The van der Waals surface area contributed by atoms with E-state index in [1.54, 1.807) is 29.7 Å². The fourth-order valence-corrected chi connectivity index (χ4v) is 4.82. The Balaban J connectivity index is 1.73. The van der Waals surface area contributed by atoms with Gasteiger partial charge in [0.05, 0.1) is 29.0 Å². The third-order valence-electron chi connectivity index (χ3n) is 6.49. The van der Waals surface area contributed by atoms with Crippen LogP contribution in [0.4, 0.5) is 0 Å². The molecular weight excluding hydrogens is 438 g/mol. The molecule has 5 rings (SSSR count). The molecule has 0 aliphatic carbocycles. The summed E-state index contributed by atoms with van der Waals surface area (Å²) < 4.78 is 12.2. The first kappa shape index (κ1) is 22.2. The van der Waals surface area contributed by atoms with Crippen LogP contribution in [0.15, 0.2) is 29.1 Å². The Morgan fingerprint density at radius 2 is 2.06 bits per heavy atom. The molecule has 1 atom stereocenters. The number of carbonyl (C=O) groups excluding carboxylic acids is 2. The van der Waals surface area contributed by atoms with Gasteiger partial charge >= 0.3 is 11.9 Å². The molecule has 0 amide bonds. The topological polar surface area (TPSA) is 111 Å². The lowest BCUT2D eigenvalue weighted by Gasteiger charge is -2.31. The summed E-state index contributed by atoms with van der Waals surface area (Å²) in [5.74, 6) is -0.677. The zero-order chi connectivity index (χ0) is 24.4. The minimum atomic E-state index is -1.86. The van der Waals surface area contributed by atoms with Gasteiger partial charge in [-0.2, -0.15) is 0 Å². The van der Waals surface area contributed by atoms with Gasteiger partial charge in [0.2, 0.25) is 0 Å². The van der Waals surface area contributed by atoms with Crippen molar-refractivity contribution in [3.8, 4) is 17.1 Å². The fraction of sp³-hybridized carbons (Fsp3) is 0.360. The molecule has 1 N–H and O–H groups in total. The van der Waals surface area contributed by atoms with Crippen LogP contribution >= 0.6 is 0 Å². The normalized spacial score (nSPS) is 18.5. The molecule has 2 aliphatic rings. The van der Waals surface area contributed by atoms with Gasteiger partial charge in [0.25, 0.3) is 5.56 Å². The van der Waals surface area contributed by atoms with Crippen LogP contribution in [0.25, 0.3) is 22.3 Å². The first-order valence-electron chi connectivity index (χ1n) is 11.1. The average molecular weight is 463 g/mol. The Morgan fingerprint density at radius 1 is 1.29 bits per heavy atom. The molecule has 0 fully saturated rings. The van der Waals surface area contributed by atoms with Crippen LogP contribution in [0.2, 0.25) is 0 Å². The minimum Gasteiger partial charge on any atom is -0.458 e. The molecule has 34 heavy (non-hydrogen) atoms. The highest BCUT2D eigenvalue weighted by molar-refractivity contribution is 5.90. The van der Waals surface area contributed by atoms with Gasteiger partial charge < -0.3 is 24.0 Å². The molecule has 0 saturated heterocycles. The van der Waals surface area contributed by atoms with Gasteiger partial charge in [-0.15, -0.1) is 0 Å². The van der Waals surface area contributed by atoms with Gasteiger partial charge in [-0.05, 0) is 44.8 Å². The molecule has 1 aromatic carbocycles. The first-order valence-corrected chi connectivity index (χ1v) is 11.1. The fourth-order valence-electron chi connectivity index (χ4n) is 4.82. The van der Waals surface area contributed by atoms with Crippen molar-refractivity contribution < 1.29 is 24.2 Å². The SMILES string of the molecule is CC[C@@]1(O)C(=O)OCc2c1cc1n(c2=O)Cc2cc3c(CN(C)C)c(OC(C)=O)ccc3nc2-1. The maximum Gasteiger partial charge on any atom is 0.343 e. The summed E-state index contributed by atoms with van der Waals surface area (Å²) in [5.41, 5.74) is 1.94. The van der Waals surface area contributed by atoms with Crippen LogP contribution in [0.1, 0.15) is 42.5 Å². The Hall–Kier alpha value is -3.56. The lowest BCUT2D eigenvalue weighted by molar-refractivity contribution is -0.172. The number of rotatable bonds is 4. The number of aromatic nitrogens is 2. The van der Waals surface area contributed by atoms with Crippen LogP contribution < -0.4 is 10.3 Å². The molecule has 9 nitrogen and oxygen atoms in total. The van der Waals surface area contributed by atoms with Gasteiger partial charge in [-0.1, -0.05) is 6.92 Å². The second-order valence-electron chi connectivity index (χ2n) is 9.04. The van der Waals surface area contributed by atoms with Gasteiger partial charge in [0.1, 0.15) is 12.4 Å². The zero-order valence-corrected chi connectivity index (χ0v) is 19.5. The molecule has 0 radical (unpaired) electrons. The van der Waals surface area contributed by atoms with Crippen LogP contribution in [0.5, 0.6) is 5.75 Å². The van der Waals surface area contributed by atoms with E-state index in [1.807, 2.05) is 25.1 Å². The van der Waals surface area contributed by atoms with Crippen LogP contribution in [0.3, 0.4) is 0 Å². The number of benzene rings is 1. The number of carbonyl (C=O) groups is 2. The van der Waals surface area contributed by atoms with Gasteiger partial charge in [-0.25, -0.2) is 9.78 Å². The summed E-state index contributed by atoms with van der Waals surface area (Å²) in [4.78, 5) is 44.1. The highest BCUT2D eigenvalue weighted by Gasteiger charge is 2.45. The third kappa shape index (κ3) is 3.23. The third-order valence-corrected chi connectivity index (χ3v) is 6.49. The van der Waals surface area contributed by atoms with Crippen molar-refractivity contribution in [2.24, 2.45) is 0 Å². The summed E-state index contributed by atoms with van der Waals surface area (Å²) >= 11 is 0. The molecule has 0 unspecified atom stereocenters. The number of ether oxygens (including phenoxy) is 2. The molecule has 0 bridgehead atoms. The molecule has 2 aromatic heterocycles. The number of aliphatic hydroxyl groups is 1. The summed E-state index contributed by atoms with van der Waals surface area (Å²) in [6, 6.07) is 7.18. The summed E-state index contributed by atoms with van der Waals surface area (Å²) in [5, 5.41) is 11.8. The Morgan fingerprint density at radius 3 is 2.74 bits per heavy atom. The first-order chi connectivity index (χ1) is 16.1. The number of fused-ring (bicyclic) bond motifs is 5. The van der Waals surface area contributed by atoms with E-state index >= 15 is 0 Å². The largest absolute Gasteiger partial charge is 0.458 e. The summed E-state index contributed by atoms with van der Waals surface area (Å²) in [6.07, 6.45) is 0.0898. The number of esters is 2. The quantitative estimate of drug-likeness (QED) is 0.362. The van der Waals surface area contributed by atoms with E-state index in [4.69, 9.17) is 14.5 Å². The molecule has 9 heteroatoms. The number of hydrogen-bond donors (Lipinski definition) is 1. The number of hydrogen-bond acceptors (Lipinski definition) is 8. The van der Waals surface area contributed by atoms with Crippen molar-refractivity contribution in [3.05, 3.63) is 56.9 Å². The van der Waals surface area contributed by atoms with Crippen LogP contribution in [0, 0.1) is 0 Å². The van der Waals surface area contributed by atoms with Crippen LogP contribution in [-0.2, 0) is 39.6 Å². The molecule has 0 spiro atoms. The smallest absolute Gasteiger partial charge is 0.343 e. The predicted molar refractivity (Wildman–Crippen MR) is 123 cm³/mol. The molecule has 4 heterocycles. The van der Waals surface area contributed by atoms with E-state index in [0.29, 0.717) is 35.7 Å². The van der Waals surface area contributed by atoms with Crippen molar-refractivity contribution in [2.75, 3.05) is 14.1 Å². The number of nitrogens with zero attached hydrogens (tertiary/aromatic N) is 3. The molecule has 2 aliphatic heterocycles. The van der Waals surface area contributed by atoms with E-state index in [2.05, 4.69) is 0 Å². The maximum atomic E-state index is 13.3. The Kier molecular flexibility index (Phi) is 5.07. The highest BCUT2D eigenvalue weighted by Crippen LogP contribution is 2.39. The number of cyclic esters (lactones) is 1. The van der Waals surface area contributed by atoms with E-state index in [1.165, 1.54) is 6.92 Å². The average Bonchev–Trinajstić information content (AvgIpc) is 3.14. The van der Waals surface area contributed by atoms with Crippen molar-refractivity contribution >= 4 is 22.8 Å². The standard InChI is InChI=1S/C25H25N3O6/c1-5-25(32)18-9-20-22-14(10-28(20)23(30)17(18)12-33-24(25)31)8-15-16(11-27(3)4)21(34-13(2)29)7-6-19(15)26-22/h6-9,32H,5,10-12H2,1-4H3/t25-/m0/s1. The molecule has 0 saturated carbocycles. The summed E-state index contributed by atoms with van der Waals surface area (Å²) in [6.45, 7) is 3.71. The van der Waals surface area contributed by atoms with Crippen molar-refractivity contribution in [1.29, 1.82) is 0 Å². The number of pyridine rings is 2. The second-order valence-corrected chi connectivity index (χ2v) is 9.04. The molecule has 3 aromatic rings. The monoisotopic (exact) mass is 463 g/mol. The Bertz CT molecular complexity index is 1440. The lowest BCUT2D eigenvalue weighted by Crippen LogP contribution is -2.44.